The van der Waals surface area contributed by atoms with Crippen LogP contribution >= 0.6 is 0 Å². The van der Waals surface area contributed by atoms with Crippen LogP contribution in [0.1, 0.15) is 145 Å². The van der Waals surface area contributed by atoms with Crippen LogP contribution in [-0.2, 0) is 52.5 Å². The van der Waals surface area contributed by atoms with Crippen molar-refractivity contribution in [3.63, 3.8) is 0 Å². The van der Waals surface area contributed by atoms with E-state index in [1.54, 1.807) is 19.1 Å². The Hall–Kier alpha value is -4.49. The Bertz CT molecular complexity index is 1980. The molecule has 0 radical (unpaired) electrons. The minimum Gasteiger partial charge on any atom is -0.456 e. The second-order valence-corrected chi connectivity index (χ2v) is 22.4. The minimum atomic E-state index is -0.876. The van der Waals surface area contributed by atoms with Crippen LogP contribution in [0.4, 0.5) is 4.79 Å². The number of ether oxygens (including phenoxy) is 5. The number of nitrogens with one attached hydrogen (secondary N) is 1. The van der Waals surface area contributed by atoms with Gasteiger partial charge in [-0.2, -0.15) is 0 Å². The Morgan fingerprint density at radius 1 is 0.763 bits per heavy atom. The lowest BCUT2D eigenvalue weighted by Crippen LogP contribution is -2.53. The van der Waals surface area contributed by atoms with Gasteiger partial charge in [-0.3, -0.25) is 28.9 Å². The average molecular weight is 1070 g/mol. The van der Waals surface area contributed by atoms with Crippen molar-refractivity contribution in [2.24, 2.45) is 41.4 Å². The molecule has 1 aromatic carbocycles. The van der Waals surface area contributed by atoms with Crippen LogP contribution in [0.15, 0.2) is 30.3 Å². The number of alkyl carbamates (subject to hydrolysis) is 1. The second kappa shape index (κ2) is 32.4. The highest BCUT2D eigenvalue weighted by atomic mass is 16.7. The normalized spacial score (nSPS) is 20.2. The third-order valence-corrected chi connectivity index (χ3v) is 16.1. The first-order chi connectivity index (χ1) is 36.0. The van der Waals surface area contributed by atoms with Crippen LogP contribution in [0.2, 0.25) is 0 Å². The van der Waals surface area contributed by atoms with Crippen molar-refractivity contribution in [1.82, 2.24) is 24.9 Å². The maximum atomic E-state index is 14.5. The molecule has 0 aliphatic carbocycles. The molecule has 3 rings (SSSR count). The zero-order valence-electron chi connectivity index (χ0n) is 48.8. The zero-order chi connectivity index (χ0) is 57.0. The fourth-order valence-corrected chi connectivity index (χ4v) is 11.3. The van der Waals surface area contributed by atoms with Gasteiger partial charge in [0.1, 0.15) is 24.5 Å². The summed E-state index contributed by atoms with van der Waals surface area (Å²) in [6, 6.07) is 7.48. The summed E-state index contributed by atoms with van der Waals surface area (Å²) in [5, 5.41) is 12.0. The molecule has 18 nitrogen and oxygen atoms in total. The Labute approximate surface area is 454 Å². The van der Waals surface area contributed by atoms with Crippen molar-refractivity contribution in [3.8, 4) is 0 Å². The van der Waals surface area contributed by atoms with Crippen molar-refractivity contribution in [2.75, 3.05) is 68.2 Å². The summed E-state index contributed by atoms with van der Waals surface area (Å²) >= 11 is 0. The van der Waals surface area contributed by atoms with Crippen molar-refractivity contribution >= 4 is 41.4 Å². The largest absolute Gasteiger partial charge is 0.456 e. The van der Waals surface area contributed by atoms with E-state index in [2.05, 4.69) is 19.2 Å². The number of nitrogens with zero attached hydrogens (tertiary/aromatic N) is 4. The number of methoxy groups -OCH3 is 2. The molecule has 2 aliphatic heterocycles. The molecular formula is C58H97N5O13. The number of ketones is 2. The summed E-state index contributed by atoms with van der Waals surface area (Å²) in [6.45, 7) is 20.2. The number of rotatable bonds is 33. The molecule has 2 fully saturated rings. The van der Waals surface area contributed by atoms with E-state index in [0.29, 0.717) is 32.4 Å². The number of Topliss-reactive ketones (excluding diaryl/α,β-unsaturated/α-hetero) is 2. The van der Waals surface area contributed by atoms with E-state index in [9.17, 15) is 38.7 Å². The lowest BCUT2D eigenvalue weighted by Gasteiger charge is -2.41. The van der Waals surface area contributed by atoms with Gasteiger partial charge in [0.15, 0.2) is 12.1 Å². The van der Waals surface area contributed by atoms with Gasteiger partial charge in [0, 0.05) is 84.0 Å². The quantitative estimate of drug-likeness (QED) is 0.0532. The Morgan fingerprint density at radius 3 is 1.97 bits per heavy atom. The molecule has 1 aromatic rings. The van der Waals surface area contributed by atoms with Crippen LogP contribution in [0, 0.1) is 41.4 Å². The SMILES string of the molecule is CCC(CO)OC(COC(=O)NCCC(=O)N1CCCC1C(=O)O[C@@H](c1ccccc1)C(C)CC(=O)[C@H](C)[C@@H](C)[C@@H]1CCCN1C(=O)C[C@@H](OC)[C@H]([C@@H](C)CC)N(C)C(=O)C(CC(=O)[C@H](C(C)C)N(C)C)C(C)C)OC. The number of likely N-dealkylation sites (N-methyl/N-ethyl adjacent to an activating group) is 2. The Kier molecular flexibility index (Phi) is 28.1. The average Bonchev–Trinajstić information content (AvgIpc) is 4.10. The molecule has 2 heterocycles. The molecule has 4 amide bonds. The predicted molar refractivity (Wildman–Crippen MR) is 291 cm³/mol. The minimum absolute atomic E-state index is 0.0178. The second-order valence-electron chi connectivity index (χ2n) is 22.4. The number of esters is 1. The number of carbonyl (C=O) groups excluding carboxylic acids is 7. The van der Waals surface area contributed by atoms with E-state index in [4.69, 9.17) is 23.7 Å². The number of aliphatic hydroxyl groups is 1. The van der Waals surface area contributed by atoms with Crippen LogP contribution in [0.25, 0.3) is 0 Å². The third kappa shape index (κ3) is 18.6. The number of likely N-dealkylation sites (tertiary alicyclic amines) is 2. The predicted octanol–water partition coefficient (Wildman–Crippen LogP) is 7.09. The number of hydrogen-bond acceptors (Lipinski definition) is 14. The fourth-order valence-electron chi connectivity index (χ4n) is 11.3. The van der Waals surface area contributed by atoms with Crippen LogP contribution in [-0.4, -0.2) is 177 Å². The van der Waals surface area contributed by atoms with Crippen molar-refractivity contribution in [1.29, 1.82) is 0 Å². The number of amides is 4. The van der Waals surface area contributed by atoms with E-state index >= 15 is 0 Å². The van der Waals surface area contributed by atoms with Gasteiger partial charge < -0.3 is 48.8 Å². The van der Waals surface area contributed by atoms with Gasteiger partial charge in [-0.25, -0.2) is 9.59 Å². The van der Waals surface area contributed by atoms with Crippen molar-refractivity contribution in [3.05, 3.63) is 35.9 Å². The van der Waals surface area contributed by atoms with Crippen molar-refractivity contribution in [2.45, 2.75) is 182 Å². The molecule has 432 valence electrons. The molecule has 13 atom stereocenters. The zero-order valence-corrected chi connectivity index (χ0v) is 48.8. The Morgan fingerprint density at radius 2 is 1.41 bits per heavy atom. The highest BCUT2D eigenvalue weighted by Crippen LogP contribution is 2.36. The lowest BCUT2D eigenvalue weighted by atomic mass is 9.80. The van der Waals surface area contributed by atoms with E-state index in [-0.39, 0.29) is 110 Å². The molecule has 76 heavy (non-hydrogen) atoms. The van der Waals surface area contributed by atoms with E-state index in [0.717, 1.165) is 24.8 Å². The van der Waals surface area contributed by atoms with E-state index in [1.807, 2.05) is 110 Å². The summed E-state index contributed by atoms with van der Waals surface area (Å²) in [4.78, 5) is 104. The molecule has 0 spiro atoms. The molecule has 2 saturated heterocycles. The maximum Gasteiger partial charge on any atom is 0.407 e. The van der Waals surface area contributed by atoms with Gasteiger partial charge in [-0.1, -0.05) is 106 Å². The van der Waals surface area contributed by atoms with Crippen LogP contribution < -0.4 is 5.32 Å². The third-order valence-electron chi connectivity index (χ3n) is 16.1. The first kappa shape index (κ1) is 65.8. The van der Waals surface area contributed by atoms with Crippen LogP contribution in [0.5, 0.6) is 0 Å². The lowest BCUT2D eigenvalue weighted by molar-refractivity contribution is -0.181. The number of carbonyl (C=O) groups is 7. The summed E-state index contributed by atoms with van der Waals surface area (Å²) in [5.74, 6) is -2.75. The molecule has 5 unspecified atom stereocenters. The highest BCUT2D eigenvalue weighted by molar-refractivity contribution is 5.90. The monoisotopic (exact) mass is 1070 g/mol. The summed E-state index contributed by atoms with van der Waals surface area (Å²) in [6.07, 6.45) is 0.454. The first-order valence-corrected chi connectivity index (χ1v) is 28.0. The van der Waals surface area contributed by atoms with Gasteiger partial charge in [0.25, 0.3) is 0 Å². The van der Waals surface area contributed by atoms with Gasteiger partial charge >= 0.3 is 12.1 Å². The molecule has 0 saturated carbocycles. The number of hydrogen-bond donors (Lipinski definition) is 2. The molecular weight excluding hydrogens is 975 g/mol. The fraction of sp³-hybridized carbons (Fsp3) is 0.776. The standard InChI is InChI=1S/C58H97N5O13/c1-16-38(7)54(61(13)56(69)44(36(3)4)32-48(66)53(37(5)6)60(11)12)49(72-14)33-51(68)62-29-21-25-45(62)40(9)41(10)47(65)31-39(8)55(42-23-19-18-20-24-42)76-57(70)46-26-22-30-63(46)50(67)27-28-59-58(71)74-35-52(73-15)75-43(17-2)34-64/h18-20,23-24,36-41,43-46,49,52-55,64H,16-17,21-22,25-35H2,1-15H3,(H,59,71)/t38-,39?,40+,41+,43?,44?,45-,46?,49+,52?,53-,54-,55+/m0/s1. The summed E-state index contributed by atoms with van der Waals surface area (Å²) < 4.78 is 28.3. The topological polar surface area (TPSA) is 211 Å². The maximum absolute atomic E-state index is 14.5. The van der Waals surface area contributed by atoms with Gasteiger partial charge in [-0.15, -0.1) is 0 Å². The molecule has 2 aliphatic rings. The molecule has 0 bridgehead atoms. The first-order valence-electron chi connectivity index (χ1n) is 28.0. The van der Waals surface area contributed by atoms with Crippen LogP contribution in [0.3, 0.4) is 0 Å². The van der Waals surface area contributed by atoms with Gasteiger partial charge in [0.05, 0.1) is 37.3 Å². The highest BCUT2D eigenvalue weighted by Gasteiger charge is 2.43. The molecule has 0 aromatic heterocycles. The number of benzene rings is 1. The van der Waals surface area contributed by atoms with E-state index in [1.165, 1.54) is 12.0 Å². The van der Waals surface area contributed by atoms with E-state index < -0.39 is 66.5 Å². The van der Waals surface area contributed by atoms with Crippen molar-refractivity contribution < 1.29 is 62.4 Å². The summed E-state index contributed by atoms with van der Waals surface area (Å²) in [5.41, 5.74) is 0.721. The van der Waals surface area contributed by atoms with Gasteiger partial charge in [0.2, 0.25) is 17.7 Å². The van der Waals surface area contributed by atoms with Gasteiger partial charge in [-0.05, 0) is 75.4 Å². The molecule has 18 heteroatoms. The molecule has 2 N–H and O–H groups in total. The Balaban J connectivity index is 1.69. The summed E-state index contributed by atoms with van der Waals surface area (Å²) in [7, 11) is 8.53. The smallest absolute Gasteiger partial charge is 0.407 e. The number of aliphatic hydroxyl groups excluding tert-OH is 1.